The molecule has 4 aliphatic rings. The summed E-state index contributed by atoms with van der Waals surface area (Å²) in [5, 5.41) is 29.0. The Morgan fingerprint density at radius 2 is 1.40 bits per heavy atom. The quantitative estimate of drug-likeness (QED) is 0.0819. The maximum atomic E-state index is 13.0. The number of hydrogen-bond donors (Lipinski definition) is 5. The van der Waals surface area contributed by atoms with Crippen LogP contribution in [0.25, 0.3) is 5.57 Å². The van der Waals surface area contributed by atoms with E-state index < -0.39 is 0 Å². The van der Waals surface area contributed by atoms with Crippen molar-refractivity contribution >= 4 is 47.1 Å². The number of para-hydroxylation sites is 1. The highest BCUT2D eigenvalue weighted by molar-refractivity contribution is 6.27. The molecule has 2 amide bonds. The number of piperazine rings is 1. The van der Waals surface area contributed by atoms with Crippen molar-refractivity contribution in [3.05, 3.63) is 95.1 Å². The van der Waals surface area contributed by atoms with Crippen LogP contribution in [0.2, 0.25) is 0 Å². The second kappa shape index (κ2) is 22.2. The summed E-state index contributed by atoms with van der Waals surface area (Å²) in [7, 11) is 1.56. The first-order valence-corrected chi connectivity index (χ1v) is 21.6. The zero-order valence-electron chi connectivity index (χ0n) is 35.9. The Morgan fingerprint density at radius 3 is 1.98 bits per heavy atom. The number of carbonyl (C=O) groups excluding carboxylic acids is 3. The fourth-order valence-electron chi connectivity index (χ4n) is 8.89. The summed E-state index contributed by atoms with van der Waals surface area (Å²) >= 11 is 0. The average molecular weight is 820 g/mol. The zero-order chi connectivity index (χ0) is 43.2. The van der Waals surface area contributed by atoms with Crippen molar-refractivity contribution in [2.75, 3.05) is 69.2 Å². The van der Waals surface area contributed by atoms with Crippen LogP contribution < -0.4 is 20.9 Å². The number of aromatic hydroxyl groups is 1. The molecule has 0 aliphatic carbocycles. The number of nitrogens with two attached hydrogens (primary N) is 1. The first-order chi connectivity index (χ1) is 29.1. The molecule has 322 valence electrons. The maximum Gasteiger partial charge on any atom is 0.254 e. The number of phenols is 1. The molecule has 0 bridgehead atoms. The Morgan fingerprint density at radius 1 is 0.833 bits per heavy atom. The minimum Gasteiger partial charge on any atom is -0.507 e. The molecule has 3 aromatic rings. The molecule has 3 fully saturated rings. The van der Waals surface area contributed by atoms with Gasteiger partial charge in [-0.3, -0.25) is 19.9 Å². The summed E-state index contributed by atoms with van der Waals surface area (Å²) < 4.78 is 0. The van der Waals surface area contributed by atoms with Gasteiger partial charge in [-0.1, -0.05) is 38.1 Å². The third-order valence-electron chi connectivity index (χ3n) is 12.3. The van der Waals surface area contributed by atoms with E-state index in [1.165, 1.54) is 18.5 Å². The number of amides is 2. The van der Waals surface area contributed by atoms with Crippen molar-refractivity contribution in [1.82, 2.24) is 20.0 Å². The summed E-state index contributed by atoms with van der Waals surface area (Å²) in [6, 6.07) is 22.5. The fourth-order valence-corrected chi connectivity index (χ4v) is 8.89. The van der Waals surface area contributed by atoms with E-state index >= 15 is 0 Å². The van der Waals surface area contributed by atoms with Gasteiger partial charge in [-0.15, -0.1) is 0 Å². The topological polar surface area (TPSA) is 173 Å². The number of piperidine rings is 2. The summed E-state index contributed by atoms with van der Waals surface area (Å²) in [5.41, 5.74) is 12.0. The van der Waals surface area contributed by atoms with Gasteiger partial charge in [0.05, 0.1) is 5.71 Å². The van der Waals surface area contributed by atoms with E-state index in [9.17, 15) is 14.7 Å². The van der Waals surface area contributed by atoms with Gasteiger partial charge in [-0.25, -0.2) is 0 Å². The van der Waals surface area contributed by atoms with Gasteiger partial charge in [0.1, 0.15) is 17.9 Å². The molecule has 13 nitrogen and oxygen atoms in total. The van der Waals surface area contributed by atoms with E-state index in [1.54, 1.807) is 37.4 Å². The number of anilines is 2. The van der Waals surface area contributed by atoms with Gasteiger partial charge in [0.2, 0.25) is 6.41 Å². The molecule has 0 spiro atoms. The van der Waals surface area contributed by atoms with Crippen LogP contribution in [0.15, 0.2) is 72.8 Å². The maximum absolute atomic E-state index is 13.0. The smallest absolute Gasteiger partial charge is 0.254 e. The number of benzene rings is 3. The summed E-state index contributed by atoms with van der Waals surface area (Å²) in [6.07, 6.45) is 9.01. The molecule has 60 heavy (non-hydrogen) atoms. The molecule has 0 aromatic heterocycles. The summed E-state index contributed by atoms with van der Waals surface area (Å²) in [5.74, 6) is -0.00123. The predicted molar refractivity (Wildman–Crippen MR) is 242 cm³/mol. The number of nitrogens with one attached hydrogen (secondary N) is 3. The second-order valence-corrected chi connectivity index (χ2v) is 15.7. The molecule has 4 aliphatic heterocycles. The van der Waals surface area contributed by atoms with E-state index in [0.29, 0.717) is 49.0 Å². The minimum absolute atomic E-state index is 0.0273. The van der Waals surface area contributed by atoms with Crippen molar-refractivity contribution in [3.63, 3.8) is 0 Å². The number of hydrogen-bond acceptors (Lipinski definition) is 10. The zero-order valence-corrected chi connectivity index (χ0v) is 35.9. The molecular formula is C47H65N9O4. The van der Waals surface area contributed by atoms with Gasteiger partial charge in [0, 0.05) is 105 Å². The lowest BCUT2D eigenvalue weighted by atomic mass is 9.96. The Bertz CT molecular complexity index is 1940. The largest absolute Gasteiger partial charge is 0.507 e. The van der Waals surface area contributed by atoms with E-state index in [0.717, 1.165) is 93.9 Å². The van der Waals surface area contributed by atoms with Gasteiger partial charge < -0.3 is 46.0 Å². The van der Waals surface area contributed by atoms with Crippen molar-refractivity contribution in [3.8, 4) is 5.75 Å². The third-order valence-corrected chi connectivity index (χ3v) is 12.3. The number of allylic oxidation sites excluding steroid dienone is 1. The number of nitrogens with zero attached hydrogens (tertiary/aromatic N) is 5. The van der Waals surface area contributed by atoms with Gasteiger partial charge >= 0.3 is 0 Å². The minimum atomic E-state index is -0.115. The second-order valence-electron chi connectivity index (χ2n) is 15.7. The lowest BCUT2D eigenvalue weighted by Crippen LogP contribution is -2.55. The lowest BCUT2D eigenvalue weighted by Gasteiger charge is -2.46. The normalized spacial score (nSPS) is 18.4. The van der Waals surface area contributed by atoms with Crippen molar-refractivity contribution in [2.24, 2.45) is 5.73 Å². The van der Waals surface area contributed by atoms with Crippen LogP contribution in [0.1, 0.15) is 86.3 Å². The van der Waals surface area contributed by atoms with Crippen molar-refractivity contribution in [2.45, 2.75) is 84.0 Å². The Kier molecular flexibility index (Phi) is 16.8. The Balaban J connectivity index is 0.00000107. The number of carbonyl (C=O) groups is 3. The average Bonchev–Trinajstić information content (AvgIpc) is 3.63. The number of fused-ring (bicyclic) bond motifs is 1. The van der Waals surface area contributed by atoms with Crippen LogP contribution in [-0.2, 0) is 16.1 Å². The Labute approximate surface area is 356 Å². The highest BCUT2D eigenvalue weighted by Crippen LogP contribution is 2.32. The molecule has 1 unspecified atom stereocenters. The lowest BCUT2D eigenvalue weighted by molar-refractivity contribution is -0.109. The van der Waals surface area contributed by atoms with Gasteiger partial charge in [-0.05, 0) is 112 Å². The number of amidine groups is 1. The van der Waals surface area contributed by atoms with E-state index in [4.69, 9.17) is 21.3 Å². The third kappa shape index (κ3) is 11.2. The number of likely N-dealkylation sites (tertiary alicyclic amines) is 1. The molecule has 7 rings (SSSR count). The molecule has 1 atom stereocenters. The first-order valence-electron chi connectivity index (χ1n) is 21.6. The molecular weight excluding hydrogens is 755 g/mol. The van der Waals surface area contributed by atoms with Crippen LogP contribution >= 0.6 is 0 Å². The standard InChI is InChI=1S/C43H54N8O3.C2H5NO.C2H6/c1-30(5-4-26-52)51-29-32-27-36(12-13-37(32)43(51)54)50-24-22-49(23-25-50)35-16-20-48(21-17-35)34-14-18-47(19-15-34)33-10-8-31(9-11-33)39(42(45)46)28-40(44)38-6-2-3-7-41(38)53;1-3-2-4;1-2/h2-3,6-13,26-28,30,34-35,44,53H,4-5,14-25,29H2,1H3,(H3,45,46);2H,1H3,(H,3,4);1-2H3/b39-28-,44-40?;;. The predicted octanol–water partition coefficient (Wildman–Crippen LogP) is 5.75. The Hall–Kier alpha value is -5.53. The molecule has 13 heteroatoms. The highest BCUT2D eigenvalue weighted by atomic mass is 16.3. The van der Waals surface area contributed by atoms with Crippen molar-refractivity contribution in [1.29, 1.82) is 10.8 Å². The summed E-state index contributed by atoms with van der Waals surface area (Å²) in [6.45, 7) is 15.1. The number of aldehydes is 1. The van der Waals surface area contributed by atoms with Crippen LogP contribution in [0.4, 0.5) is 11.4 Å². The van der Waals surface area contributed by atoms with Crippen LogP contribution in [0.5, 0.6) is 5.75 Å². The summed E-state index contributed by atoms with van der Waals surface area (Å²) in [4.78, 5) is 45.2. The van der Waals surface area contributed by atoms with E-state index in [-0.39, 0.29) is 29.2 Å². The van der Waals surface area contributed by atoms with Crippen LogP contribution in [-0.4, -0.2) is 127 Å². The van der Waals surface area contributed by atoms with Crippen LogP contribution in [0.3, 0.4) is 0 Å². The molecule has 6 N–H and O–H groups in total. The molecule has 0 saturated carbocycles. The van der Waals surface area contributed by atoms with Gasteiger partial charge in [0.25, 0.3) is 5.91 Å². The number of rotatable bonds is 13. The van der Waals surface area contributed by atoms with E-state index in [2.05, 4.69) is 49.2 Å². The monoisotopic (exact) mass is 820 g/mol. The first kappa shape index (κ1) is 45.6. The van der Waals surface area contributed by atoms with E-state index in [1.807, 2.05) is 43.9 Å². The molecule has 0 radical (unpaired) electrons. The van der Waals surface area contributed by atoms with Crippen LogP contribution in [0, 0.1) is 10.8 Å². The fraction of sp³-hybridized carbons (Fsp3) is 0.468. The number of phenolic OH excluding ortho intramolecular Hbond substituents is 1. The molecule has 3 aromatic carbocycles. The van der Waals surface area contributed by atoms with Gasteiger partial charge in [-0.2, -0.15) is 0 Å². The highest BCUT2D eigenvalue weighted by Gasteiger charge is 2.34. The molecule has 4 heterocycles. The van der Waals surface area contributed by atoms with Gasteiger partial charge in [0.15, 0.2) is 0 Å². The van der Waals surface area contributed by atoms with Crippen molar-refractivity contribution < 1.29 is 19.5 Å². The molecule has 3 saturated heterocycles. The SMILES string of the molecule is CC.CC(CCC=O)N1Cc2cc(N3CCN(C4CCN(C5CCN(c6ccc(/C(=C/C(=N)c7ccccc7O)C(=N)N)cc6)CC5)CC4)CC3)ccc2C1=O.CNC=O.